The SMILES string of the molecule is COC(=O)N1c2ccc(/C(C=N)=C/NC3CCNCC3)c(OC3CCC3)c2CC[C@@H]1C. The van der Waals surface area contributed by atoms with Gasteiger partial charge in [0.2, 0.25) is 0 Å². The highest BCUT2D eigenvalue weighted by Crippen LogP contribution is 2.43. The maximum Gasteiger partial charge on any atom is 0.414 e. The third kappa shape index (κ3) is 4.56. The number of methoxy groups -OCH3 is 1. The molecule has 31 heavy (non-hydrogen) atoms. The van der Waals surface area contributed by atoms with Gasteiger partial charge in [0.15, 0.2) is 0 Å². The van der Waals surface area contributed by atoms with Crippen molar-refractivity contribution in [1.29, 1.82) is 5.41 Å². The first-order valence-electron chi connectivity index (χ1n) is 11.5. The number of piperidine rings is 1. The van der Waals surface area contributed by atoms with Gasteiger partial charge in [0.05, 0.1) is 18.9 Å². The van der Waals surface area contributed by atoms with E-state index in [0.29, 0.717) is 6.04 Å². The topological polar surface area (TPSA) is 86.7 Å². The van der Waals surface area contributed by atoms with Crippen LogP contribution in [0.25, 0.3) is 5.57 Å². The molecule has 2 heterocycles. The van der Waals surface area contributed by atoms with Gasteiger partial charge in [0, 0.05) is 41.2 Å². The van der Waals surface area contributed by atoms with Crippen molar-refractivity contribution < 1.29 is 14.3 Å². The van der Waals surface area contributed by atoms with Crippen molar-refractivity contribution in [3.63, 3.8) is 0 Å². The smallest absolute Gasteiger partial charge is 0.414 e. The molecule has 2 fully saturated rings. The molecule has 0 spiro atoms. The summed E-state index contributed by atoms with van der Waals surface area (Å²) in [5.41, 5.74) is 3.63. The van der Waals surface area contributed by atoms with Gasteiger partial charge in [-0.3, -0.25) is 4.90 Å². The fourth-order valence-corrected chi connectivity index (χ4v) is 4.59. The number of nitrogens with one attached hydrogen (secondary N) is 3. The summed E-state index contributed by atoms with van der Waals surface area (Å²) in [7, 11) is 1.42. The number of hydrogen-bond acceptors (Lipinski definition) is 6. The maximum atomic E-state index is 12.5. The first-order chi connectivity index (χ1) is 15.1. The summed E-state index contributed by atoms with van der Waals surface area (Å²) < 4.78 is 11.5. The summed E-state index contributed by atoms with van der Waals surface area (Å²) in [4.78, 5) is 14.2. The zero-order chi connectivity index (χ0) is 21.8. The highest BCUT2D eigenvalue weighted by atomic mass is 16.5. The Morgan fingerprint density at radius 2 is 2.00 bits per heavy atom. The number of ether oxygens (including phenoxy) is 2. The third-order valence-corrected chi connectivity index (χ3v) is 6.74. The van der Waals surface area contributed by atoms with E-state index >= 15 is 0 Å². The fraction of sp³-hybridized carbons (Fsp3) is 0.583. The van der Waals surface area contributed by atoms with E-state index in [0.717, 1.165) is 79.8 Å². The van der Waals surface area contributed by atoms with Crippen LogP contribution in [-0.2, 0) is 11.2 Å². The van der Waals surface area contributed by atoms with E-state index < -0.39 is 0 Å². The van der Waals surface area contributed by atoms with Gasteiger partial charge in [-0.1, -0.05) is 0 Å². The Bertz CT molecular complexity index is 843. The third-order valence-electron chi connectivity index (χ3n) is 6.74. The Hall–Kier alpha value is -2.54. The van der Waals surface area contributed by atoms with Gasteiger partial charge in [0.1, 0.15) is 5.75 Å². The molecule has 0 aromatic heterocycles. The molecule has 168 valence electrons. The minimum Gasteiger partial charge on any atom is -0.489 e. The standard InChI is InChI=1S/C24H34N4O3/c1-16-6-7-21-22(28(16)24(29)30-2)9-8-20(23(21)31-19-4-3-5-19)17(14-25)15-27-18-10-12-26-13-11-18/h8-9,14-16,18-19,25-27H,3-7,10-13H2,1-2H3/b17-15+,25-14?/t16-/m0/s1. The fourth-order valence-electron chi connectivity index (χ4n) is 4.59. The Labute approximate surface area is 184 Å². The molecule has 1 aromatic rings. The maximum absolute atomic E-state index is 12.5. The molecule has 1 aromatic carbocycles. The molecule has 4 rings (SSSR count). The molecular formula is C24H34N4O3. The molecule has 3 N–H and O–H groups in total. The minimum absolute atomic E-state index is 0.0710. The molecule has 2 aliphatic heterocycles. The van der Waals surface area contributed by atoms with Crippen LogP contribution in [0.3, 0.4) is 0 Å². The largest absolute Gasteiger partial charge is 0.489 e. The van der Waals surface area contributed by atoms with Crippen molar-refractivity contribution in [1.82, 2.24) is 10.6 Å². The number of nitrogens with zero attached hydrogens (tertiary/aromatic N) is 1. The van der Waals surface area contributed by atoms with Gasteiger partial charge < -0.3 is 25.5 Å². The van der Waals surface area contributed by atoms with Crippen LogP contribution in [0.1, 0.15) is 56.6 Å². The average Bonchev–Trinajstić information content (AvgIpc) is 2.77. The predicted octanol–water partition coefficient (Wildman–Crippen LogP) is 3.86. The van der Waals surface area contributed by atoms with Crippen LogP contribution in [-0.4, -0.2) is 50.7 Å². The van der Waals surface area contributed by atoms with Crippen molar-refractivity contribution in [2.75, 3.05) is 25.1 Å². The van der Waals surface area contributed by atoms with E-state index in [4.69, 9.17) is 14.9 Å². The number of rotatable bonds is 6. The second-order valence-electron chi connectivity index (χ2n) is 8.77. The lowest BCUT2D eigenvalue weighted by Crippen LogP contribution is -2.42. The first kappa shape index (κ1) is 21.7. The van der Waals surface area contributed by atoms with Crippen molar-refractivity contribution >= 4 is 23.6 Å². The van der Waals surface area contributed by atoms with Gasteiger partial charge in [-0.05, 0) is 77.1 Å². The highest BCUT2D eigenvalue weighted by molar-refractivity contribution is 6.10. The van der Waals surface area contributed by atoms with Gasteiger partial charge in [0.25, 0.3) is 0 Å². The van der Waals surface area contributed by atoms with E-state index in [2.05, 4.69) is 10.6 Å². The average molecular weight is 427 g/mol. The van der Waals surface area contributed by atoms with Crippen LogP contribution in [0.2, 0.25) is 0 Å². The molecule has 3 aliphatic rings. The van der Waals surface area contributed by atoms with Crippen LogP contribution in [0.15, 0.2) is 18.3 Å². The number of carbonyl (C=O) groups is 1. The molecule has 1 amide bonds. The molecule has 1 saturated carbocycles. The molecule has 1 aliphatic carbocycles. The lowest BCUT2D eigenvalue weighted by molar-refractivity contribution is 0.118. The Balaban J connectivity index is 1.71. The van der Waals surface area contributed by atoms with Crippen LogP contribution >= 0.6 is 0 Å². The number of amides is 1. The van der Waals surface area contributed by atoms with Gasteiger partial charge in [-0.2, -0.15) is 0 Å². The lowest BCUT2D eigenvalue weighted by Gasteiger charge is -2.37. The summed E-state index contributed by atoms with van der Waals surface area (Å²) in [5, 5.41) is 15.0. The van der Waals surface area contributed by atoms with Crippen LogP contribution in [0.5, 0.6) is 5.75 Å². The van der Waals surface area contributed by atoms with E-state index in [1.165, 1.54) is 19.7 Å². The first-order valence-corrected chi connectivity index (χ1v) is 11.5. The van der Waals surface area contributed by atoms with Crippen molar-refractivity contribution in [2.45, 2.75) is 70.1 Å². The number of fused-ring (bicyclic) bond motifs is 1. The number of benzene rings is 1. The predicted molar refractivity (Wildman–Crippen MR) is 123 cm³/mol. The normalized spacial score (nSPS) is 22.3. The second kappa shape index (κ2) is 9.73. The van der Waals surface area contributed by atoms with Gasteiger partial charge in [-0.25, -0.2) is 4.79 Å². The lowest BCUT2D eigenvalue weighted by atomic mass is 9.91. The summed E-state index contributed by atoms with van der Waals surface area (Å²) >= 11 is 0. The van der Waals surface area contributed by atoms with Crippen molar-refractivity contribution in [3.05, 3.63) is 29.5 Å². The zero-order valence-corrected chi connectivity index (χ0v) is 18.6. The molecule has 7 heteroatoms. The quantitative estimate of drug-likeness (QED) is 0.602. The van der Waals surface area contributed by atoms with E-state index in [9.17, 15) is 4.79 Å². The number of carbonyl (C=O) groups excluding carboxylic acids is 1. The van der Waals surface area contributed by atoms with Crippen molar-refractivity contribution in [3.8, 4) is 5.75 Å². The van der Waals surface area contributed by atoms with Crippen molar-refractivity contribution in [2.24, 2.45) is 0 Å². The summed E-state index contributed by atoms with van der Waals surface area (Å²) in [5.74, 6) is 0.824. The molecular weight excluding hydrogens is 392 g/mol. The second-order valence-corrected chi connectivity index (χ2v) is 8.77. The number of hydrogen-bond donors (Lipinski definition) is 3. The van der Waals surface area contributed by atoms with Gasteiger partial charge in [-0.15, -0.1) is 0 Å². The zero-order valence-electron chi connectivity index (χ0n) is 18.6. The van der Waals surface area contributed by atoms with Crippen LogP contribution in [0, 0.1) is 5.41 Å². The monoisotopic (exact) mass is 426 g/mol. The van der Waals surface area contributed by atoms with E-state index in [1.54, 1.807) is 4.90 Å². The number of allylic oxidation sites excluding steroid dienone is 1. The highest BCUT2D eigenvalue weighted by Gasteiger charge is 2.33. The minimum atomic E-state index is -0.341. The van der Waals surface area contributed by atoms with Crippen LogP contribution < -0.4 is 20.3 Å². The Kier molecular flexibility index (Phi) is 6.80. The van der Waals surface area contributed by atoms with E-state index in [1.807, 2.05) is 25.3 Å². The van der Waals surface area contributed by atoms with Crippen LogP contribution in [0.4, 0.5) is 10.5 Å². The summed E-state index contributed by atoms with van der Waals surface area (Å²) in [6, 6.07) is 4.45. The molecule has 7 nitrogen and oxygen atoms in total. The Morgan fingerprint density at radius 3 is 2.65 bits per heavy atom. The summed E-state index contributed by atoms with van der Waals surface area (Å²) in [6.07, 6.45) is 10.4. The Morgan fingerprint density at radius 1 is 1.23 bits per heavy atom. The van der Waals surface area contributed by atoms with Gasteiger partial charge >= 0.3 is 6.09 Å². The summed E-state index contributed by atoms with van der Waals surface area (Å²) in [6.45, 7) is 4.08. The molecule has 0 bridgehead atoms. The molecule has 1 atom stereocenters. The van der Waals surface area contributed by atoms with E-state index in [-0.39, 0.29) is 18.2 Å². The molecule has 0 unspecified atom stereocenters. The molecule has 1 saturated heterocycles. The molecule has 0 radical (unpaired) electrons. The number of anilines is 1.